The molecule has 0 bridgehead atoms. The monoisotopic (exact) mass is 414 g/mol. The molecule has 0 amide bonds. The fraction of sp³-hybridized carbons (Fsp3) is 0. The van der Waals surface area contributed by atoms with E-state index in [-0.39, 0.29) is 21.4 Å². The Morgan fingerprint density at radius 3 is 1.43 bits per heavy atom. The van der Waals surface area contributed by atoms with Crippen LogP contribution in [0, 0.1) is 0 Å². The van der Waals surface area contributed by atoms with E-state index in [1.54, 1.807) is 48.8 Å². The maximum Gasteiger partial charge on any atom is 0.336 e. The summed E-state index contributed by atoms with van der Waals surface area (Å²) in [5, 5.41) is 20.8. The Bertz CT molecular complexity index is 1110. The summed E-state index contributed by atoms with van der Waals surface area (Å²) in [6.45, 7) is 0. The summed E-state index contributed by atoms with van der Waals surface area (Å²) >= 11 is 11.7. The summed E-state index contributed by atoms with van der Waals surface area (Å²) in [5.74, 6) is -1.99. The standard InChI is InChI=1S/2C10H6ClNO2/c2*11-9-8-6(4-5-12-9)2-1-3-7(8)10(13)14/h2*1-5H,(H,13,14). The van der Waals surface area contributed by atoms with Crippen LogP contribution in [0.4, 0.5) is 0 Å². The van der Waals surface area contributed by atoms with Gasteiger partial charge in [-0.25, -0.2) is 19.6 Å². The summed E-state index contributed by atoms with van der Waals surface area (Å²) in [7, 11) is 0. The summed E-state index contributed by atoms with van der Waals surface area (Å²) < 4.78 is 0. The molecule has 0 atom stereocenters. The first kappa shape index (κ1) is 19.5. The van der Waals surface area contributed by atoms with E-state index in [1.165, 1.54) is 12.1 Å². The van der Waals surface area contributed by atoms with Gasteiger partial charge in [0.2, 0.25) is 0 Å². The van der Waals surface area contributed by atoms with E-state index in [4.69, 9.17) is 33.4 Å². The number of pyridine rings is 2. The van der Waals surface area contributed by atoms with Crippen LogP contribution in [-0.4, -0.2) is 32.1 Å². The molecule has 0 saturated carbocycles. The number of hydrogen-bond acceptors (Lipinski definition) is 4. The SMILES string of the molecule is O=C(O)c1cccc2ccnc(Cl)c12.O=C(O)c1cccc2ccnc(Cl)c12. The number of benzene rings is 2. The maximum absolute atomic E-state index is 10.9. The molecule has 0 saturated heterocycles. The van der Waals surface area contributed by atoms with E-state index < -0.39 is 11.9 Å². The average molecular weight is 415 g/mol. The smallest absolute Gasteiger partial charge is 0.336 e. The second-order valence-electron chi connectivity index (χ2n) is 5.62. The van der Waals surface area contributed by atoms with E-state index in [9.17, 15) is 9.59 Å². The van der Waals surface area contributed by atoms with Crippen LogP contribution in [0.1, 0.15) is 20.7 Å². The third kappa shape index (κ3) is 3.88. The number of carboxylic acids is 2. The zero-order valence-corrected chi connectivity index (χ0v) is 15.6. The minimum atomic E-state index is -0.995. The number of rotatable bonds is 2. The number of nitrogens with zero attached hydrogens (tertiary/aromatic N) is 2. The van der Waals surface area contributed by atoms with Gasteiger partial charge in [-0.15, -0.1) is 0 Å². The van der Waals surface area contributed by atoms with Crippen LogP contribution in [-0.2, 0) is 0 Å². The predicted octanol–water partition coefficient (Wildman–Crippen LogP) is 5.17. The third-order valence-corrected chi connectivity index (χ3v) is 4.52. The van der Waals surface area contributed by atoms with Crippen LogP contribution in [0.3, 0.4) is 0 Å². The van der Waals surface area contributed by atoms with Gasteiger partial charge in [0.05, 0.1) is 11.1 Å². The van der Waals surface area contributed by atoms with E-state index in [1.807, 2.05) is 0 Å². The molecule has 140 valence electrons. The van der Waals surface area contributed by atoms with Crippen molar-refractivity contribution in [2.45, 2.75) is 0 Å². The van der Waals surface area contributed by atoms with E-state index in [0.29, 0.717) is 10.8 Å². The molecule has 0 aliphatic heterocycles. The number of halogens is 2. The molecule has 0 spiro atoms. The van der Waals surface area contributed by atoms with Crippen molar-refractivity contribution >= 4 is 56.7 Å². The van der Waals surface area contributed by atoms with Crippen LogP contribution < -0.4 is 0 Å². The molecule has 2 aromatic heterocycles. The number of aromatic nitrogens is 2. The molecule has 0 aliphatic carbocycles. The molecule has 6 nitrogen and oxygen atoms in total. The molecular formula is C20H12Cl2N2O4. The number of fused-ring (bicyclic) bond motifs is 2. The molecular weight excluding hydrogens is 403 g/mol. The highest BCUT2D eigenvalue weighted by atomic mass is 35.5. The van der Waals surface area contributed by atoms with Gasteiger partial charge in [-0.3, -0.25) is 0 Å². The van der Waals surface area contributed by atoms with Crippen LogP contribution in [0.2, 0.25) is 10.3 Å². The molecule has 28 heavy (non-hydrogen) atoms. The fourth-order valence-electron chi connectivity index (χ4n) is 2.73. The second kappa shape index (κ2) is 8.21. The van der Waals surface area contributed by atoms with Crippen molar-refractivity contribution in [2.24, 2.45) is 0 Å². The predicted molar refractivity (Wildman–Crippen MR) is 107 cm³/mol. The first-order valence-corrected chi connectivity index (χ1v) is 8.69. The summed E-state index contributed by atoms with van der Waals surface area (Å²) in [6, 6.07) is 13.5. The quantitative estimate of drug-likeness (QED) is 0.438. The number of hydrogen-bond donors (Lipinski definition) is 2. The normalized spacial score (nSPS) is 10.4. The maximum atomic E-state index is 10.9. The highest BCUT2D eigenvalue weighted by molar-refractivity contribution is 6.36. The van der Waals surface area contributed by atoms with Gasteiger partial charge >= 0.3 is 11.9 Å². The van der Waals surface area contributed by atoms with Crippen molar-refractivity contribution in [1.29, 1.82) is 0 Å². The van der Waals surface area contributed by atoms with Crippen molar-refractivity contribution in [3.05, 3.63) is 82.4 Å². The molecule has 0 radical (unpaired) electrons. The highest BCUT2D eigenvalue weighted by Gasteiger charge is 2.11. The highest BCUT2D eigenvalue weighted by Crippen LogP contribution is 2.25. The average Bonchev–Trinajstić information content (AvgIpc) is 2.68. The number of aromatic carboxylic acids is 2. The summed E-state index contributed by atoms with van der Waals surface area (Å²) in [6.07, 6.45) is 3.10. The topological polar surface area (TPSA) is 100 Å². The lowest BCUT2D eigenvalue weighted by atomic mass is 10.1. The Balaban J connectivity index is 0.000000161. The first-order chi connectivity index (χ1) is 13.4. The van der Waals surface area contributed by atoms with E-state index in [2.05, 4.69) is 9.97 Å². The van der Waals surface area contributed by atoms with Crippen LogP contribution >= 0.6 is 23.2 Å². The Kier molecular flexibility index (Phi) is 5.73. The Morgan fingerprint density at radius 1 is 0.679 bits per heavy atom. The lowest BCUT2D eigenvalue weighted by molar-refractivity contribution is 0.0688. The molecule has 0 fully saturated rings. The molecule has 8 heteroatoms. The van der Waals surface area contributed by atoms with Gasteiger partial charge in [0, 0.05) is 23.2 Å². The zero-order valence-electron chi connectivity index (χ0n) is 14.1. The molecule has 2 N–H and O–H groups in total. The van der Waals surface area contributed by atoms with Gasteiger partial charge in [0.15, 0.2) is 0 Å². The van der Waals surface area contributed by atoms with Gasteiger partial charge in [0.1, 0.15) is 10.3 Å². The van der Waals surface area contributed by atoms with Crippen LogP contribution in [0.15, 0.2) is 60.9 Å². The van der Waals surface area contributed by atoms with Crippen molar-refractivity contribution < 1.29 is 19.8 Å². The minimum absolute atomic E-state index is 0.181. The lowest BCUT2D eigenvalue weighted by Crippen LogP contribution is -1.97. The fourth-order valence-corrected chi connectivity index (χ4v) is 3.26. The molecule has 4 rings (SSSR count). The molecule has 0 unspecified atom stereocenters. The minimum Gasteiger partial charge on any atom is -0.478 e. The second-order valence-corrected chi connectivity index (χ2v) is 6.34. The van der Waals surface area contributed by atoms with E-state index in [0.717, 1.165) is 10.8 Å². The van der Waals surface area contributed by atoms with Gasteiger partial charge in [-0.05, 0) is 35.0 Å². The summed E-state index contributed by atoms with van der Waals surface area (Å²) in [4.78, 5) is 29.5. The third-order valence-electron chi connectivity index (χ3n) is 3.95. The Hall–Kier alpha value is -3.22. The lowest BCUT2D eigenvalue weighted by Gasteiger charge is -2.02. The largest absolute Gasteiger partial charge is 0.478 e. The summed E-state index contributed by atoms with van der Waals surface area (Å²) in [5.41, 5.74) is 0.362. The van der Waals surface area contributed by atoms with Crippen molar-refractivity contribution in [2.75, 3.05) is 0 Å². The first-order valence-electron chi connectivity index (χ1n) is 7.93. The van der Waals surface area contributed by atoms with Gasteiger partial charge in [-0.2, -0.15) is 0 Å². The number of carboxylic acid groups (broad SMARTS) is 2. The van der Waals surface area contributed by atoms with Crippen LogP contribution in [0.25, 0.3) is 21.5 Å². The Morgan fingerprint density at radius 2 is 1.07 bits per heavy atom. The van der Waals surface area contributed by atoms with Gasteiger partial charge in [0.25, 0.3) is 0 Å². The van der Waals surface area contributed by atoms with E-state index >= 15 is 0 Å². The zero-order chi connectivity index (χ0) is 20.3. The molecule has 2 aromatic carbocycles. The molecule has 2 heterocycles. The van der Waals surface area contributed by atoms with Crippen molar-refractivity contribution in [1.82, 2.24) is 9.97 Å². The van der Waals surface area contributed by atoms with Gasteiger partial charge in [-0.1, -0.05) is 47.5 Å². The van der Waals surface area contributed by atoms with Crippen molar-refractivity contribution in [3.8, 4) is 0 Å². The number of carbonyl (C=O) groups is 2. The van der Waals surface area contributed by atoms with Crippen LogP contribution in [0.5, 0.6) is 0 Å². The molecule has 4 aromatic rings. The van der Waals surface area contributed by atoms with Gasteiger partial charge < -0.3 is 10.2 Å². The Labute approximate surface area is 169 Å². The van der Waals surface area contributed by atoms with Crippen molar-refractivity contribution in [3.63, 3.8) is 0 Å². The molecule has 0 aliphatic rings.